The van der Waals surface area contributed by atoms with Gasteiger partial charge in [0.1, 0.15) is 12.4 Å². The highest BCUT2D eigenvalue weighted by Gasteiger charge is 2.12. The lowest BCUT2D eigenvalue weighted by molar-refractivity contribution is 0.0518. The van der Waals surface area contributed by atoms with Crippen LogP contribution in [0.4, 0.5) is 0 Å². The molecular weight excluding hydrogens is 352 g/mol. The van der Waals surface area contributed by atoms with E-state index >= 15 is 0 Å². The summed E-state index contributed by atoms with van der Waals surface area (Å²) in [6.07, 6.45) is 1.73. The van der Waals surface area contributed by atoms with Crippen LogP contribution in [0, 0.1) is 0 Å². The van der Waals surface area contributed by atoms with Crippen molar-refractivity contribution < 1.29 is 14.3 Å². The predicted molar refractivity (Wildman–Crippen MR) is 99.5 cm³/mol. The molecule has 134 valence electrons. The van der Waals surface area contributed by atoms with Crippen LogP contribution in [-0.4, -0.2) is 22.4 Å². The minimum Gasteiger partial charge on any atom is -0.489 e. The molecule has 0 saturated heterocycles. The van der Waals surface area contributed by atoms with E-state index in [-0.39, 0.29) is 5.69 Å². The van der Waals surface area contributed by atoms with Gasteiger partial charge < -0.3 is 9.47 Å². The van der Waals surface area contributed by atoms with Crippen LogP contribution in [0.15, 0.2) is 60.8 Å². The van der Waals surface area contributed by atoms with Crippen LogP contribution in [0.2, 0.25) is 5.02 Å². The van der Waals surface area contributed by atoms with Gasteiger partial charge in [0.15, 0.2) is 5.69 Å². The molecule has 0 N–H and O–H groups in total. The lowest BCUT2D eigenvalue weighted by Gasteiger charge is -2.12. The van der Waals surface area contributed by atoms with Crippen molar-refractivity contribution in [1.82, 2.24) is 9.78 Å². The van der Waals surface area contributed by atoms with Crippen molar-refractivity contribution in [3.05, 3.63) is 82.6 Å². The van der Waals surface area contributed by atoms with E-state index in [1.807, 2.05) is 42.5 Å². The summed E-state index contributed by atoms with van der Waals surface area (Å²) in [6.45, 7) is 2.97. The summed E-state index contributed by atoms with van der Waals surface area (Å²) in [6, 6.07) is 17.0. The molecule has 1 aromatic heterocycles. The number of esters is 1. The molecule has 0 amide bonds. The van der Waals surface area contributed by atoms with Gasteiger partial charge in [-0.25, -0.2) is 4.79 Å². The van der Waals surface area contributed by atoms with E-state index in [1.54, 1.807) is 29.9 Å². The monoisotopic (exact) mass is 370 g/mol. The second kappa shape index (κ2) is 8.54. The minimum absolute atomic E-state index is 0.278. The topological polar surface area (TPSA) is 53.4 Å². The van der Waals surface area contributed by atoms with Crippen molar-refractivity contribution in [3.63, 3.8) is 0 Å². The van der Waals surface area contributed by atoms with Gasteiger partial charge in [-0.15, -0.1) is 0 Å². The number of aromatic nitrogens is 2. The maximum Gasteiger partial charge on any atom is 0.358 e. The Bertz CT molecular complexity index is 878. The molecule has 1 heterocycles. The molecule has 2 aromatic carbocycles. The van der Waals surface area contributed by atoms with Crippen molar-refractivity contribution in [2.45, 2.75) is 20.1 Å². The number of hydrogen-bond donors (Lipinski definition) is 0. The molecule has 6 heteroatoms. The molecule has 0 aliphatic heterocycles. The van der Waals surface area contributed by atoms with E-state index in [9.17, 15) is 4.79 Å². The van der Waals surface area contributed by atoms with Crippen molar-refractivity contribution in [2.24, 2.45) is 0 Å². The third-order valence-electron chi connectivity index (χ3n) is 3.72. The zero-order valence-electron chi connectivity index (χ0n) is 14.4. The minimum atomic E-state index is -0.433. The Labute approximate surface area is 157 Å². The summed E-state index contributed by atoms with van der Waals surface area (Å²) in [5.41, 5.74) is 2.24. The lowest BCUT2D eigenvalue weighted by Crippen LogP contribution is -2.08. The third kappa shape index (κ3) is 4.64. The van der Waals surface area contributed by atoms with Gasteiger partial charge in [-0.2, -0.15) is 5.10 Å². The SMILES string of the molecule is CCOC(=O)c1ccn(Cc2cc(Cl)ccc2OCc2ccccc2)n1. The Balaban J connectivity index is 1.74. The molecule has 3 rings (SSSR count). The second-order valence-corrected chi connectivity index (χ2v) is 6.08. The van der Waals surface area contributed by atoms with Gasteiger partial charge in [-0.05, 0) is 36.8 Å². The highest BCUT2D eigenvalue weighted by molar-refractivity contribution is 6.30. The van der Waals surface area contributed by atoms with Gasteiger partial charge in [-0.1, -0.05) is 41.9 Å². The van der Waals surface area contributed by atoms with Gasteiger partial charge in [0.2, 0.25) is 0 Å². The summed E-state index contributed by atoms with van der Waals surface area (Å²) < 4.78 is 12.6. The predicted octanol–water partition coefficient (Wildman–Crippen LogP) is 4.34. The Morgan fingerprint density at radius 2 is 1.96 bits per heavy atom. The lowest BCUT2D eigenvalue weighted by atomic mass is 10.2. The molecule has 3 aromatic rings. The molecule has 0 atom stereocenters. The van der Waals surface area contributed by atoms with Crippen LogP contribution in [0.3, 0.4) is 0 Å². The Morgan fingerprint density at radius 3 is 2.73 bits per heavy atom. The maximum atomic E-state index is 11.7. The molecule has 0 radical (unpaired) electrons. The van der Waals surface area contributed by atoms with E-state index in [2.05, 4.69) is 5.10 Å². The molecular formula is C20H19ClN2O3. The molecule has 26 heavy (non-hydrogen) atoms. The number of halogens is 1. The van der Waals surface area contributed by atoms with E-state index < -0.39 is 5.97 Å². The Hall–Kier alpha value is -2.79. The Kier molecular flexibility index (Phi) is 5.92. The first kappa shape index (κ1) is 18.0. The molecule has 5 nitrogen and oxygen atoms in total. The molecule has 0 aliphatic rings. The zero-order valence-corrected chi connectivity index (χ0v) is 15.1. The first-order valence-electron chi connectivity index (χ1n) is 8.31. The van der Waals surface area contributed by atoms with Crippen LogP contribution in [-0.2, 0) is 17.9 Å². The number of carbonyl (C=O) groups excluding carboxylic acids is 1. The fourth-order valence-corrected chi connectivity index (χ4v) is 2.68. The first-order chi connectivity index (χ1) is 12.7. The largest absolute Gasteiger partial charge is 0.489 e. The average molecular weight is 371 g/mol. The van der Waals surface area contributed by atoms with Crippen LogP contribution in [0.1, 0.15) is 28.5 Å². The van der Waals surface area contributed by atoms with Gasteiger partial charge in [0, 0.05) is 16.8 Å². The smallest absolute Gasteiger partial charge is 0.358 e. The third-order valence-corrected chi connectivity index (χ3v) is 3.95. The maximum absolute atomic E-state index is 11.7. The number of nitrogens with zero attached hydrogens (tertiary/aromatic N) is 2. The normalized spacial score (nSPS) is 10.5. The van der Waals surface area contributed by atoms with Crippen molar-refractivity contribution >= 4 is 17.6 Å². The van der Waals surface area contributed by atoms with Crippen molar-refractivity contribution in [1.29, 1.82) is 0 Å². The summed E-state index contributed by atoms with van der Waals surface area (Å²) in [5.74, 6) is 0.296. The van der Waals surface area contributed by atoms with E-state index in [1.165, 1.54) is 0 Å². The zero-order chi connectivity index (χ0) is 18.4. The molecule has 0 bridgehead atoms. The van der Waals surface area contributed by atoms with Crippen molar-refractivity contribution in [2.75, 3.05) is 6.61 Å². The van der Waals surface area contributed by atoms with Gasteiger partial charge in [0.25, 0.3) is 0 Å². The van der Waals surface area contributed by atoms with E-state index in [4.69, 9.17) is 21.1 Å². The first-order valence-corrected chi connectivity index (χ1v) is 8.69. The standard InChI is InChI=1S/C20H19ClN2O3/c1-2-25-20(24)18-10-11-23(22-18)13-16-12-17(21)8-9-19(16)26-14-15-6-4-3-5-7-15/h3-12H,2,13-14H2,1H3. The quantitative estimate of drug-likeness (QED) is 0.580. The molecule has 0 fully saturated rings. The molecule has 0 spiro atoms. The van der Waals surface area contributed by atoms with Gasteiger partial charge in [-0.3, -0.25) is 4.68 Å². The fourth-order valence-electron chi connectivity index (χ4n) is 2.49. The Morgan fingerprint density at radius 1 is 1.15 bits per heavy atom. The van der Waals surface area contributed by atoms with Crippen molar-refractivity contribution in [3.8, 4) is 5.75 Å². The van der Waals surface area contributed by atoms with Crippen LogP contribution in [0.5, 0.6) is 5.75 Å². The van der Waals surface area contributed by atoms with Gasteiger partial charge in [0.05, 0.1) is 13.2 Å². The number of hydrogen-bond acceptors (Lipinski definition) is 4. The summed E-state index contributed by atoms with van der Waals surface area (Å²) >= 11 is 6.14. The fraction of sp³-hybridized carbons (Fsp3) is 0.200. The molecule has 0 unspecified atom stereocenters. The molecule has 0 aliphatic carbocycles. The summed E-state index contributed by atoms with van der Waals surface area (Å²) in [5, 5.41) is 4.87. The number of benzene rings is 2. The van der Waals surface area contributed by atoms with Gasteiger partial charge >= 0.3 is 5.97 Å². The number of carbonyl (C=O) groups is 1. The summed E-state index contributed by atoms with van der Waals surface area (Å²) in [4.78, 5) is 11.7. The highest BCUT2D eigenvalue weighted by atomic mass is 35.5. The number of rotatable bonds is 7. The van der Waals surface area contributed by atoms with Crippen LogP contribution in [0.25, 0.3) is 0 Å². The van der Waals surface area contributed by atoms with Crippen LogP contribution >= 0.6 is 11.6 Å². The highest BCUT2D eigenvalue weighted by Crippen LogP contribution is 2.25. The van der Waals surface area contributed by atoms with E-state index in [0.717, 1.165) is 16.9 Å². The van der Waals surface area contributed by atoms with E-state index in [0.29, 0.717) is 24.8 Å². The van der Waals surface area contributed by atoms with Crippen LogP contribution < -0.4 is 4.74 Å². The average Bonchev–Trinajstić information content (AvgIpc) is 3.11. The summed E-state index contributed by atoms with van der Waals surface area (Å²) in [7, 11) is 0. The number of ether oxygens (including phenoxy) is 2. The molecule has 0 saturated carbocycles. The second-order valence-electron chi connectivity index (χ2n) is 5.65.